The van der Waals surface area contributed by atoms with E-state index in [2.05, 4.69) is 4.90 Å². The third-order valence-corrected chi connectivity index (χ3v) is 4.89. The number of piperidine rings is 1. The first-order chi connectivity index (χ1) is 9.65. The van der Waals surface area contributed by atoms with Crippen LogP contribution in [0, 0.1) is 5.92 Å². The number of nitrogens with two attached hydrogens (primary N) is 1. The van der Waals surface area contributed by atoms with Gasteiger partial charge in [-0.05, 0) is 49.8 Å². The Bertz CT molecular complexity index is 495. The van der Waals surface area contributed by atoms with Gasteiger partial charge in [-0.25, -0.2) is 0 Å². The van der Waals surface area contributed by atoms with Crippen LogP contribution in [0.25, 0.3) is 0 Å². The number of carbonyl (C=O) groups excluding carboxylic acids is 1. The molecule has 3 nitrogen and oxygen atoms in total. The Morgan fingerprint density at radius 2 is 1.90 bits per heavy atom. The van der Waals surface area contributed by atoms with Crippen molar-refractivity contribution in [2.45, 2.75) is 44.6 Å². The van der Waals surface area contributed by atoms with Gasteiger partial charge < -0.3 is 10.6 Å². The van der Waals surface area contributed by atoms with Crippen LogP contribution < -0.4 is 5.73 Å². The Labute approximate surface area is 125 Å². The summed E-state index contributed by atoms with van der Waals surface area (Å²) in [7, 11) is 0. The lowest BCUT2D eigenvalue weighted by molar-refractivity contribution is 0.0391. The molecule has 1 heterocycles. The molecule has 1 aromatic rings. The molecule has 0 bridgehead atoms. The summed E-state index contributed by atoms with van der Waals surface area (Å²) in [6.07, 6.45) is 7.35. The van der Waals surface area contributed by atoms with Crippen LogP contribution in [0.1, 0.15) is 48.9 Å². The molecule has 2 fully saturated rings. The van der Waals surface area contributed by atoms with E-state index < -0.39 is 0 Å². The molecular weight excluding hydrogens is 272 g/mol. The summed E-state index contributed by atoms with van der Waals surface area (Å²) >= 11 is 6.02. The number of hydrogen-bond acceptors (Lipinski definition) is 2. The zero-order valence-corrected chi connectivity index (χ0v) is 12.4. The molecule has 2 aliphatic rings. The van der Waals surface area contributed by atoms with Gasteiger partial charge in [-0.1, -0.05) is 24.4 Å². The Morgan fingerprint density at radius 1 is 1.15 bits per heavy atom. The van der Waals surface area contributed by atoms with Crippen molar-refractivity contribution in [2.75, 3.05) is 12.3 Å². The molecule has 20 heavy (non-hydrogen) atoms. The Hall–Kier alpha value is -1.22. The number of nitrogens with zero attached hydrogens (tertiary/aromatic N) is 1. The van der Waals surface area contributed by atoms with Gasteiger partial charge in [0.05, 0.1) is 0 Å². The fraction of sp³-hybridized carbons (Fsp3) is 0.562. The van der Waals surface area contributed by atoms with E-state index in [1.54, 1.807) is 18.2 Å². The van der Waals surface area contributed by atoms with Gasteiger partial charge in [-0.3, -0.25) is 4.79 Å². The smallest absolute Gasteiger partial charge is 0.254 e. The molecule has 0 radical (unpaired) electrons. The van der Waals surface area contributed by atoms with Crippen LogP contribution in [0.2, 0.25) is 5.02 Å². The maximum Gasteiger partial charge on any atom is 0.254 e. The molecule has 2 unspecified atom stereocenters. The number of carbonyl (C=O) groups is 1. The van der Waals surface area contributed by atoms with Crippen molar-refractivity contribution in [3.8, 4) is 0 Å². The number of amides is 1. The van der Waals surface area contributed by atoms with Crippen LogP contribution in [-0.2, 0) is 0 Å². The zero-order chi connectivity index (χ0) is 14.1. The van der Waals surface area contributed by atoms with Crippen molar-refractivity contribution in [2.24, 2.45) is 5.92 Å². The fourth-order valence-corrected chi connectivity index (χ4v) is 4.02. The van der Waals surface area contributed by atoms with Gasteiger partial charge >= 0.3 is 0 Å². The second-order valence-corrected chi connectivity index (χ2v) is 6.46. The molecule has 4 heteroatoms. The van der Waals surface area contributed by atoms with Crippen molar-refractivity contribution in [3.63, 3.8) is 0 Å². The van der Waals surface area contributed by atoms with Crippen molar-refractivity contribution in [1.82, 2.24) is 4.90 Å². The highest BCUT2D eigenvalue weighted by Gasteiger charge is 2.35. The van der Waals surface area contributed by atoms with E-state index >= 15 is 0 Å². The SMILES string of the molecule is Nc1cc(Cl)cc(C(=O)N2CCCC3CCCCC32)c1. The van der Waals surface area contributed by atoms with Gasteiger partial charge in [-0.15, -0.1) is 0 Å². The van der Waals surface area contributed by atoms with Crippen LogP contribution in [0.5, 0.6) is 0 Å². The Balaban J connectivity index is 1.84. The molecule has 2 atom stereocenters. The highest BCUT2D eigenvalue weighted by molar-refractivity contribution is 6.31. The summed E-state index contributed by atoms with van der Waals surface area (Å²) in [6, 6.07) is 5.57. The maximum atomic E-state index is 12.8. The first-order valence-corrected chi connectivity index (χ1v) is 7.90. The number of hydrogen-bond donors (Lipinski definition) is 1. The first-order valence-electron chi connectivity index (χ1n) is 7.52. The van der Waals surface area contributed by atoms with E-state index in [9.17, 15) is 4.79 Å². The number of halogens is 1. The standard InChI is InChI=1S/C16H21ClN2O/c17-13-8-12(9-14(18)10-13)16(20)19-7-3-5-11-4-1-2-6-15(11)19/h8-11,15H,1-7,18H2. The fourth-order valence-electron chi connectivity index (χ4n) is 3.78. The average molecular weight is 293 g/mol. The molecule has 1 aromatic carbocycles. The molecule has 2 N–H and O–H groups in total. The van der Waals surface area contributed by atoms with Crippen LogP contribution >= 0.6 is 11.6 Å². The van der Waals surface area contributed by atoms with E-state index in [4.69, 9.17) is 17.3 Å². The second-order valence-electron chi connectivity index (χ2n) is 6.03. The van der Waals surface area contributed by atoms with Gasteiger partial charge in [0.15, 0.2) is 0 Å². The Morgan fingerprint density at radius 3 is 2.70 bits per heavy atom. The molecule has 1 aliphatic carbocycles. The Kier molecular flexibility index (Phi) is 3.88. The molecule has 3 rings (SSSR count). The summed E-state index contributed by atoms with van der Waals surface area (Å²) in [5.41, 5.74) is 6.98. The lowest BCUT2D eigenvalue weighted by Crippen LogP contribution is -2.49. The highest BCUT2D eigenvalue weighted by atomic mass is 35.5. The average Bonchev–Trinajstić information content (AvgIpc) is 2.45. The minimum absolute atomic E-state index is 0.0933. The summed E-state index contributed by atoms with van der Waals surface area (Å²) in [6.45, 7) is 0.867. The van der Waals surface area contributed by atoms with Gasteiger partial charge in [0.2, 0.25) is 0 Å². The quantitative estimate of drug-likeness (QED) is 0.802. The van der Waals surface area contributed by atoms with E-state index in [0.717, 1.165) is 19.4 Å². The number of likely N-dealkylation sites (tertiary alicyclic amines) is 1. The minimum atomic E-state index is 0.0933. The summed E-state index contributed by atoms with van der Waals surface area (Å²) in [5, 5.41) is 0.533. The molecule has 1 saturated heterocycles. The lowest BCUT2D eigenvalue weighted by atomic mass is 9.78. The van der Waals surface area contributed by atoms with Crippen LogP contribution in [0.3, 0.4) is 0 Å². The molecular formula is C16H21ClN2O. The van der Waals surface area contributed by atoms with Crippen molar-refractivity contribution in [3.05, 3.63) is 28.8 Å². The molecule has 1 saturated carbocycles. The molecule has 108 valence electrons. The molecule has 1 aliphatic heterocycles. The lowest BCUT2D eigenvalue weighted by Gasteiger charge is -2.44. The van der Waals surface area contributed by atoms with Crippen molar-refractivity contribution in [1.29, 1.82) is 0 Å². The van der Waals surface area contributed by atoms with E-state index in [1.165, 1.54) is 25.7 Å². The summed E-state index contributed by atoms with van der Waals surface area (Å²) < 4.78 is 0. The van der Waals surface area contributed by atoms with Crippen LogP contribution in [0.4, 0.5) is 5.69 Å². The van der Waals surface area contributed by atoms with Crippen LogP contribution in [0.15, 0.2) is 18.2 Å². The number of anilines is 1. The van der Waals surface area contributed by atoms with Crippen molar-refractivity contribution < 1.29 is 4.79 Å². The van der Waals surface area contributed by atoms with E-state index in [-0.39, 0.29) is 5.91 Å². The normalized spacial score (nSPS) is 26.1. The molecule has 1 amide bonds. The number of rotatable bonds is 1. The largest absolute Gasteiger partial charge is 0.399 e. The topological polar surface area (TPSA) is 46.3 Å². The monoisotopic (exact) mass is 292 g/mol. The highest BCUT2D eigenvalue weighted by Crippen LogP contribution is 2.36. The predicted octanol–water partition coefficient (Wildman–Crippen LogP) is 3.72. The maximum absolute atomic E-state index is 12.8. The van der Waals surface area contributed by atoms with E-state index in [0.29, 0.717) is 28.2 Å². The van der Waals surface area contributed by atoms with Gasteiger partial charge in [-0.2, -0.15) is 0 Å². The summed E-state index contributed by atoms with van der Waals surface area (Å²) in [5.74, 6) is 0.786. The third kappa shape index (κ3) is 2.64. The second kappa shape index (κ2) is 5.65. The number of benzene rings is 1. The van der Waals surface area contributed by atoms with Gasteiger partial charge in [0.25, 0.3) is 5.91 Å². The van der Waals surface area contributed by atoms with Crippen LogP contribution in [-0.4, -0.2) is 23.4 Å². The number of nitrogen functional groups attached to an aromatic ring is 1. The summed E-state index contributed by atoms with van der Waals surface area (Å²) in [4.78, 5) is 14.8. The third-order valence-electron chi connectivity index (χ3n) is 4.67. The zero-order valence-electron chi connectivity index (χ0n) is 11.6. The molecule has 0 aromatic heterocycles. The molecule has 0 spiro atoms. The minimum Gasteiger partial charge on any atom is -0.399 e. The predicted molar refractivity (Wildman–Crippen MR) is 81.9 cm³/mol. The van der Waals surface area contributed by atoms with Gasteiger partial charge in [0, 0.05) is 28.9 Å². The van der Waals surface area contributed by atoms with Gasteiger partial charge in [0.1, 0.15) is 0 Å². The number of fused-ring (bicyclic) bond motifs is 1. The van der Waals surface area contributed by atoms with E-state index in [1.807, 2.05) is 0 Å². The van der Waals surface area contributed by atoms with Crippen molar-refractivity contribution >= 4 is 23.2 Å². The first kappa shape index (κ1) is 13.7.